The van der Waals surface area contributed by atoms with Crippen molar-refractivity contribution in [2.75, 3.05) is 27.2 Å². The number of carboxylic acid groups (broad SMARTS) is 1. The van der Waals surface area contributed by atoms with Crippen LogP contribution in [0.1, 0.15) is 33.6 Å². The van der Waals surface area contributed by atoms with Crippen LogP contribution in [0.5, 0.6) is 0 Å². The van der Waals surface area contributed by atoms with Crippen molar-refractivity contribution < 1.29 is 14.7 Å². The minimum atomic E-state index is -0.865. The maximum absolute atomic E-state index is 11.6. The molecule has 112 valence electrons. The average molecular weight is 273 g/mol. The van der Waals surface area contributed by atoms with Crippen LogP contribution in [-0.4, -0.2) is 54.7 Å². The van der Waals surface area contributed by atoms with Crippen molar-refractivity contribution in [2.24, 2.45) is 5.92 Å². The van der Waals surface area contributed by atoms with Crippen molar-refractivity contribution in [3.8, 4) is 0 Å². The van der Waals surface area contributed by atoms with Crippen LogP contribution in [0.4, 0.5) is 4.79 Å². The molecule has 0 aromatic rings. The van der Waals surface area contributed by atoms with Gasteiger partial charge in [0.05, 0.1) is 5.92 Å². The number of hydrogen-bond donors (Lipinski definition) is 3. The molecule has 1 atom stereocenters. The molecule has 6 heteroatoms. The van der Waals surface area contributed by atoms with E-state index >= 15 is 0 Å². The fourth-order valence-corrected chi connectivity index (χ4v) is 1.39. The van der Waals surface area contributed by atoms with E-state index < -0.39 is 11.9 Å². The third kappa shape index (κ3) is 7.00. The van der Waals surface area contributed by atoms with Crippen LogP contribution < -0.4 is 10.6 Å². The summed E-state index contributed by atoms with van der Waals surface area (Å²) in [5.74, 6) is -1.38. The molecule has 0 heterocycles. The van der Waals surface area contributed by atoms with E-state index in [9.17, 15) is 9.59 Å². The van der Waals surface area contributed by atoms with E-state index in [2.05, 4.69) is 10.6 Å². The molecule has 0 aliphatic carbocycles. The van der Waals surface area contributed by atoms with Crippen molar-refractivity contribution in [1.29, 1.82) is 0 Å². The number of aliphatic carboxylic acids is 1. The van der Waals surface area contributed by atoms with E-state index in [1.807, 2.05) is 39.8 Å². The van der Waals surface area contributed by atoms with Crippen molar-refractivity contribution in [1.82, 2.24) is 15.5 Å². The predicted octanol–water partition coefficient (Wildman–Crippen LogP) is 1.13. The Kier molecular flexibility index (Phi) is 7.44. The van der Waals surface area contributed by atoms with Crippen molar-refractivity contribution in [3.05, 3.63) is 0 Å². The van der Waals surface area contributed by atoms with Crippen molar-refractivity contribution >= 4 is 12.0 Å². The molecule has 0 aromatic heterocycles. The van der Waals surface area contributed by atoms with E-state index in [0.29, 0.717) is 13.0 Å². The number of carboxylic acids is 1. The zero-order valence-corrected chi connectivity index (χ0v) is 12.6. The van der Waals surface area contributed by atoms with Crippen LogP contribution in [-0.2, 0) is 4.79 Å². The van der Waals surface area contributed by atoms with Gasteiger partial charge >= 0.3 is 12.0 Å². The van der Waals surface area contributed by atoms with Gasteiger partial charge in [-0.25, -0.2) is 4.79 Å². The van der Waals surface area contributed by atoms with Gasteiger partial charge in [-0.1, -0.05) is 13.3 Å². The number of likely N-dealkylation sites (N-methyl/N-ethyl adjacent to an activating group) is 1. The molecular formula is C13H27N3O3. The normalized spacial score (nSPS) is 13.2. The van der Waals surface area contributed by atoms with Gasteiger partial charge in [-0.3, -0.25) is 4.79 Å². The molecule has 0 rings (SSSR count). The largest absolute Gasteiger partial charge is 0.481 e. The second kappa shape index (κ2) is 7.99. The van der Waals surface area contributed by atoms with Crippen LogP contribution in [0, 0.1) is 5.92 Å². The minimum absolute atomic E-state index is 0.146. The highest BCUT2D eigenvalue weighted by atomic mass is 16.4. The summed E-state index contributed by atoms with van der Waals surface area (Å²) in [7, 11) is 3.89. The molecular weight excluding hydrogens is 246 g/mol. The van der Waals surface area contributed by atoms with Crippen LogP contribution >= 0.6 is 0 Å². The monoisotopic (exact) mass is 273 g/mol. The summed E-state index contributed by atoms with van der Waals surface area (Å²) in [5.41, 5.74) is -0.146. The topological polar surface area (TPSA) is 81.7 Å². The molecule has 0 bridgehead atoms. The second-order valence-electron chi connectivity index (χ2n) is 5.59. The number of nitrogens with zero attached hydrogens (tertiary/aromatic N) is 1. The minimum Gasteiger partial charge on any atom is -0.481 e. The fourth-order valence-electron chi connectivity index (χ4n) is 1.39. The summed E-state index contributed by atoms with van der Waals surface area (Å²) in [6.07, 6.45) is 1.35. The molecule has 2 amide bonds. The Labute approximate surface area is 115 Å². The van der Waals surface area contributed by atoms with E-state index in [1.165, 1.54) is 0 Å². The van der Waals surface area contributed by atoms with Gasteiger partial charge in [0.1, 0.15) is 0 Å². The zero-order chi connectivity index (χ0) is 15.1. The highest BCUT2D eigenvalue weighted by molar-refractivity contribution is 5.75. The first-order valence-corrected chi connectivity index (χ1v) is 6.62. The van der Waals surface area contributed by atoms with Gasteiger partial charge in [-0.05, 0) is 34.4 Å². The van der Waals surface area contributed by atoms with Gasteiger partial charge < -0.3 is 20.6 Å². The van der Waals surface area contributed by atoms with Gasteiger partial charge in [0.2, 0.25) is 0 Å². The fraction of sp³-hybridized carbons (Fsp3) is 0.846. The van der Waals surface area contributed by atoms with E-state index in [0.717, 1.165) is 6.42 Å². The number of carbonyl (C=O) groups is 2. The van der Waals surface area contributed by atoms with E-state index in [-0.39, 0.29) is 18.1 Å². The van der Waals surface area contributed by atoms with Gasteiger partial charge in [-0.15, -0.1) is 0 Å². The Morgan fingerprint density at radius 2 is 1.84 bits per heavy atom. The molecule has 19 heavy (non-hydrogen) atoms. The molecule has 3 N–H and O–H groups in total. The molecule has 0 radical (unpaired) electrons. The third-order valence-corrected chi connectivity index (χ3v) is 3.39. The van der Waals surface area contributed by atoms with E-state index in [1.54, 1.807) is 0 Å². The number of rotatable bonds is 8. The lowest BCUT2D eigenvalue weighted by Crippen LogP contribution is -2.50. The molecule has 0 saturated heterocycles. The number of hydrogen-bond acceptors (Lipinski definition) is 3. The Hall–Kier alpha value is -1.30. The van der Waals surface area contributed by atoms with Crippen LogP contribution in [0.2, 0.25) is 0 Å². The molecule has 0 fully saturated rings. The highest BCUT2D eigenvalue weighted by Crippen LogP contribution is 2.08. The average Bonchev–Trinajstić information content (AvgIpc) is 2.31. The molecule has 6 nitrogen and oxygen atoms in total. The van der Waals surface area contributed by atoms with Crippen LogP contribution in [0.3, 0.4) is 0 Å². The smallest absolute Gasteiger partial charge is 0.314 e. The summed E-state index contributed by atoms with van der Waals surface area (Å²) in [6.45, 7) is 6.62. The maximum Gasteiger partial charge on any atom is 0.314 e. The molecule has 0 aliphatic heterocycles. The maximum atomic E-state index is 11.6. The summed E-state index contributed by atoms with van der Waals surface area (Å²) in [4.78, 5) is 24.6. The van der Waals surface area contributed by atoms with Crippen molar-refractivity contribution in [2.45, 2.75) is 39.2 Å². The lowest BCUT2D eigenvalue weighted by Gasteiger charge is -2.32. The Balaban J connectivity index is 4.08. The lowest BCUT2D eigenvalue weighted by molar-refractivity contribution is -0.141. The summed E-state index contributed by atoms with van der Waals surface area (Å²) < 4.78 is 0. The van der Waals surface area contributed by atoms with Crippen molar-refractivity contribution in [3.63, 3.8) is 0 Å². The number of urea groups is 1. The summed E-state index contributed by atoms with van der Waals surface area (Å²) >= 11 is 0. The SMILES string of the molecule is CCCC(CNC(=O)NCC(C)(C)N(C)C)C(=O)O. The van der Waals surface area contributed by atoms with Gasteiger partial charge in [0.25, 0.3) is 0 Å². The van der Waals surface area contributed by atoms with Crippen LogP contribution in [0.25, 0.3) is 0 Å². The quantitative estimate of drug-likeness (QED) is 0.619. The molecule has 0 spiro atoms. The first-order chi connectivity index (χ1) is 8.70. The standard InChI is InChI=1S/C13H27N3O3/c1-6-7-10(11(17)18)8-14-12(19)15-9-13(2,3)16(4)5/h10H,6-9H2,1-5H3,(H,17,18)(H2,14,15,19). The third-order valence-electron chi connectivity index (χ3n) is 3.39. The second-order valence-corrected chi connectivity index (χ2v) is 5.59. The molecule has 0 saturated carbocycles. The van der Waals surface area contributed by atoms with Gasteiger partial charge in [0, 0.05) is 18.6 Å². The Morgan fingerprint density at radius 3 is 2.26 bits per heavy atom. The van der Waals surface area contributed by atoms with Gasteiger partial charge in [0.15, 0.2) is 0 Å². The summed E-state index contributed by atoms with van der Waals surface area (Å²) in [6, 6.07) is -0.322. The number of amides is 2. The Morgan fingerprint density at radius 1 is 1.26 bits per heavy atom. The van der Waals surface area contributed by atoms with Gasteiger partial charge in [-0.2, -0.15) is 0 Å². The van der Waals surface area contributed by atoms with Crippen LogP contribution in [0.15, 0.2) is 0 Å². The van der Waals surface area contributed by atoms with E-state index in [4.69, 9.17) is 5.11 Å². The number of carbonyl (C=O) groups excluding carboxylic acids is 1. The highest BCUT2D eigenvalue weighted by Gasteiger charge is 2.22. The first-order valence-electron chi connectivity index (χ1n) is 6.62. The molecule has 1 unspecified atom stereocenters. The molecule has 0 aromatic carbocycles. The first kappa shape index (κ1) is 17.7. The number of nitrogens with one attached hydrogen (secondary N) is 2. The lowest BCUT2D eigenvalue weighted by atomic mass is 10.0. The molecule has 0 aliphatic rings. The Bertz CT molecular complexity index is 304. The zero-order valence-electron chi connectivity index (χ0n) is 12.6. The predicted molar refractivity (Wildman–Crippen MR) is 75.2 cm³/mol. The summed E-state index contributed by atoms with van der Waals surface area (Å²) in [5, 5.41) is 14.3.